The van der Waals surface area contributed by atoms with Gasteiger partial charge < -0.3 is 19.2 Å². The molecule has 0 aliphatic heterocycles. The van der Waals surface area contributed by atoms with Crippen molar-refractivity contribution in [2.75, 3.05) is 12.4 Å². The molecule has 1 amide bonds. The number of oxazole rings is 1. The Bertz CT molecular complexity index is 1160. The van der Waals surface area contributed by atoms with E-state index in [0.717, 1.165) is 29.7 Å². The van der Waals surface area contributed by atoms with Crippen LogP contribution in [0.5, 0.6) is 0 Å². The monoisotopic (exact) mass is 442 g/mol. The van der Waals surface area contributed by atoms with E-state index in [9.17, 15) is 14.4 Å². The summed E-state index contributed by atoms with van der Waals surface area (Å²) in [5.41, 5.74) is 2.66. The zero-order valence-electron chi connectivity index (χ0n) is 17.4. The Balaban J connectivity index is 1.49. The smallest absolute Gasteiger partial charge is 0.341 e. The molecule has 31 heavy (non-hydrogen) atoms. The molecule has 1 aliphatic carbocycles. The van der Waals surface area contributed by atoms with Crippen molar-refractivity contribution in [3.63, 3.8) is 0 Å². The average molecular weight is 442 g/mol. The summed E-state index contributed by atoms with van der Waals surface area (Å²) in [5, 5.41) is 3.19. The number of methoxy groups -OCH3 is 1. The Kier molecular flexibility index (Phi) is 5.77. The largest absolute Gasteiger partial charge is 0.465 e. The van der Waals surface area contributed by atoms with Crippen LogP contribution in [0.3, 0.4) is 0 Å². The third-order valence-corrected chi connectivity index (χ3v) is 6.53. The third-order valence-electron chi connectivity index (χ3n) is 5.36. The number of nitrogens with one attached hydrogen (secondary N) is 1. The van der Waals surface area contributed by atoms with Crippen molar-refractivity contribution in [2.45, 2.75) is 39.2 Å². The molecule has 8 nitrogen and oxygen atoms in total. The van der Waals surface area contributed by atoms with Gasteiger partial charge in [-0.1, -0.05) is 6.92 Å². The highest BCUT2D eigenvalue weighted by atomic mass is 32.1. The number of fused-ring (bicyclic) bond motifs is 2. The SMILES string of the molecule is COC(=O)c1c(NC(=O)C(C)OC(=O)c2ccc3ncoc3c2)sc2c1CCC(C)C2. The molecule has 2 unspecified atom stereocenters. The van der Waals surface area contributed by atoms with E-state index in [1.165, 1.54) is 37.8 Å². The zero-order valence-corrected chi connectivity index (χ0v) is 18.2. The number of aromatic nitrogens is 1. The fourth-order valence-electron chi connectivity index (χ4n) is 3.63. The molecule has 1 aliphatic rings. The van der Waals surface area contributed by atoms with Crippen molar-refractivity contribution in [3.8, 4) is 0 Å². The lowest BCUT2D eigenvalue weighted by Gasteiger charge is -2.18. The van der Waals surface area contributed by atoms with Crippen LogP contribution in [0.15, 0.2) is 29.0 Å². The summed E-state index contributed by atoms with van der Waals surface area (Å²) in [5.74, 6) is -1.14. The van der Waals surface area contributed by atoms with Crippen LogP contribution in [-0.2, 0) is 27.1 Å². The Hall–Kier alpha value is -3.20. The number of benzene rings is 1. The first-order chi connectivity index (χ1) is 14.9. The van der Waals surface area contributed by atoms with E-state index in [1.54, 1.807) is 12.1 Å². The maximum Gasteiger partial charge on any atom is 0.341 e. The van der Waals surface area contributed by atoms with Gasteiger partial charge in [-0.05, 0) is 55.9 Å². The Morgan fingerprint density at radius 2 is 2.10 bits per heavy atom. The van der Waals surface area contributed by atoms with Gasteiger partial charge in [0.2, 0.25) is 0 Å². The van der Waals surface area contributed by atoms with E-state index in [4.69, 9.17) is 13.9 Å². The molecule has 1 aromatic carbocycles. The van der Waals surface area contributed by atoms with Gasteiger partial charge in [0.15, 0.2) is 18.1 Å². The molecule has 162 valence electrons. The Morgan fingerprint density at radius 1 is 1.29 bits per heavy atom. The van der Waals surface area contributed by atoms with Crippen LogP contribution in [-0.4, -0.2) is 36.0 Å². The summed E-state index contributed by atoms with van der Waals surface area (Å²) in [7, 11) is 1.32. The fraction of sp³-hybridized carbons (Fsp3) is 0.364. The van der Waals surface area contributed by atoms with Gasteiger partial charge in [0, 0.05) is 4.88 Å². The van der Waals surface area contributed by atoms with E-state index in [-0.39, 0.29) is 5.56 Å². The van der Waals surface area contributed by atoms with Gasteiger partial charge in [0.25, 0.3) is 5.91 Å². The van der Waals surface area contributed by atoms with Gasteiger partial charge in [0.05, 0.1) is 18.2 Å². The first kappa shape index (κ1) is 21.0. The Labute approximate surface area is 182 Å². The van der Waals surface area contributed by atoms with Crippen LogP contribution in [0.4, 0.5) is 5.00 Å². The predicted molar refractivity (Wildman–Crippen MR) is 114 cm³/mol. The maximum atomic E-state index is 12.7. The molecule has 2 heterocycles. The maximum absolute atomic E-state index is 12.7. The van der Waals surface area contributed by atoms with Crippen LogP contribution in [0.25, 0.3) is 11.1 Å². The second-order valence-electron chi connectivity index (χ2n) is 7.62. The minimum atomic E-state index is -1.07. The summed E-state index contributed by atoms with van der Waals surface area (Å²) < 4.78 is 15.4. The van der Waals surface area contributed by atoms with Crippen molar-refractivity contribution in [1.29, 1.82) is 0 Å². The van der Waals surface area contributed by atoms with Crippen molar-refractivity contribution in [3.05, 3.63) is 46.2 Å². The standard InChI is InChI=1S/C22H22N2O6S/c1-11-4-6-14-17(8-11)31-20(18(14)22(27)28-3)24-19(25)12(2)30-21(26)13-5-7-15-16(9-13)29-10-23-15/h5,7,9-12H,4,6,8H2,1-3H3,(H,24,25). The molecule has 0 saturated heterocycles. The molecule has 0 spiro atoms. The van der Waals surface area contributed by atoms with Crippen LogP contribution in [0.1, 0.15) is 51.4 Å². The summed E-state index contributed by atoms with van der Waals surface area (Å²) in [6.45, 7) is 3.64. The molecule has 0 saturated carbocycles. The molecule has 2 atom stereocenters. The highest BCUT2D eigenvalue weighted by molar-refractivity contribution is 7.17. The zero-order chi connectivity index (χ0) is 22.1. The van der Waals surface area contributed by atoms with Gasteiger partial charge in [-0.15, -0.1) is 11.3 Å². The number of anilines is 1. The number of carbonyl (C=O) groups excluding carboxylic acids is 3. The van der Waals surface area contributed by atoms with E-state index < -0.39 is 23.9 Å². The molecule has 0 fully saturated rings. The lowest BCUT2D eigenvalue weighted by Crippen LogP contribution is -2.30. The molecule has 4 rings (SSSR count). The van der Waals surface area contributed by atoms with Gasteiger partial charge >= 0.3 is 11.9 Å². The van der Waals surface area contributed by atoms with E-state index in [1.807, 2.05) is 0 Å². The van der Waals surface area contributed by atoms with E-state index >= 15 is 0 Å². The molecular formula is C22H22N2O6S. The molecule has 1 N–H and O–H groups in total. The highest BCUT2D eigenvalue weighted by Gasteiger charge is 2.30. The molecule has 3 aromatic rings. The minimum Gasteiger partial charge on any atom is -0.465 e. The number of esters is 2. The topological polar surface area (TPSA) is 108 Å². The lowest BCUT2D eigenvalue weighted by atomic mass is 9.88. The average Bonchev–Trinajstić information content (AvgIpc) is 3.36. The van der Waals surface area contributed by atoms with Crippen LogP contribution < -0.4 is 5.32 Å². The summed E-state index contributed by atoms with van der Waals surface area (Å²) in [6.07, 6.45) is 2.82. The predicted octanol–water partition coefficient (Wildman–Crippen LogP) is 3.98. The van der Waals surface area contributed by atoms with Crippen LogP contribution in [0.2, 0.25) is 0 Å². The number of carbonyl (C=O) groups is 3. The Morgan fingerprint density at radius 3 is 2.87 bits per heavy atom. The van der Waals surface area contributed by atoms with Crippen molar-refractivity contribution in [2.24, 2.45) is 5.92 Å². The fourth-order valence-corrected chi connectivity index (χ4v) is 5.04. The second-order valence-corrected chi connectivity index (χ2v) is 8.72. The number of rotatable bonds is 5. The first-order valence-corrected chi connectivity index (χ1v) is 10.8. The van der Waals surface area contributed by atoms with Gasteiger partial charge in [0.1, 0.15) is 10.5 Å². The molecule has 0 bridgehead atoms. The quantitative estimate of drug-likeness (QED) is 0.595. The van der Waals surface area contributed by atoms with Gasteiger partial charge in [-0.3, -0.25) is 4.79 Å². The van der Waals surface area contributed by atoms with Crippen LogP contribution in [0, 0.1) is 5.92 Å². The summed E-state index contributed by atoms with van der Waals surface area (Å²) >= 11 is 1.38. The van der Waals surface area contributed by atoms with Crippen molar-refractivity contribution >= 4 is 45.3 Å². The molecular weight excluding hydrogens is 420 g/mol. The van der Waals surface area contributed by atoms with Crippen molar-refractivity contribution < 1.29 is 28.3 Å². The summed E-state index contributed by atoms with van der Waals surface area (Å²) in [4.78, 5) is 42.6. The summed E-state index contributed by atoms with van der Waals surface area (Å²) in [6, 6.07) is 4.71. The molecule has 9 heteroatoms. The normalized spacial score (nSPS) is 16.4. The second kappa shape index (κ2) is 8.50. The van der Waals surface area contributed by atoms with Gasteiger partial charge in [-0.25, -0.2) is 14.6 Å². The third kappa shape index (κ3) is 4.18. The van der Waals surface area contributed by atoms with E-state index in [0.29, 0.717) is 27.6 Å². The molecule has 0 radical (unpaired) electrons. The minimum absolute atomic E-state index is 0.250. The highest BCUT2D eigenvalue weighted by Crippen LogP contribution is 2.40. The number of hydrogen-bond acceptors (Lipinski definition) is 8. The number of thiophene rings is 1. The van der Waals surface area contributed by atoms with Crippen molar-refractivity contribution in [1.82, 2.24) is 4.98 Å². The number of amides is 1. The number of hydrogen-bond donors (Lipinski definition) is 1. The van der Waals surface area contributed by atoms with E-state index in [2.05, 4.69) is 17.2 Å². The first-order valence-electron chi connectivity index (χ1n) is 9.95. The van der Waals surface area contributed by atoms with Crippen LogP contribution >= 0.6 is 11.3 Å². The molecule has 2 aromatic heterocycles. The number of nitrogens with zero attached hydrogens (tertiary/aromatic N) is 1. The lowest BCUT2D eigenvalue weighted by molar-refractivity contribution is -0.123. The van der Waals surface area contributed by atoms with Gasteiger partial charge in [-0.2, -0.15) is 0 Å². The number of ether oxygens (including phenoxy) is 2.